The van der Waals surface area contributed by atoms with Gasteiger partial charge in [0.15, 0.2) is 0 Å². The average molecular weight is 201 g/mol. The first kappa shape index (κ1) is 12.3. The molecule has 0 rings (SSSR count). The van der Waals surface area contributed by atoms with Gasteiger partial charge in [0.05, 0.1) is 7.11 Å². The third-order valence-electron chi connectivity index (χ3n) is 1.47. The molecule has 0 aliphatic rings. The highest BCUT2D eigenvalue weighted by molar-refractivity contribution is 7.99. The molecule has 1 unspecified atom stereocenters. The molecule has 74 valence electrons. The molecule has 0 saturated heterocycles. The van der Waals surface area contributed by atoms with Gasteiger partial charge in [0.1, 0.15) is 6.04 Å². The van der Waals surface area contributed by atoms with E-state index in [0.29, 0.717) is 6.42 Å². The Kier molecular flexibility index (Phi) is 7.56. The molecule has 0 aromatic rings. The van der Waals surface area contributed by atoms with Gasteiger partial charge < -0.3 is 10.5 Å². The molecule has 0 heterocycles. The van der Waals surface area contributed by atoms with Gasteiger partial charge in [0.2, 0.25) is 0 Å². The van der Waals surface area contributed by atoms with Crippen LogP contribution in [0.15, 0.2) is 0 Å². The molecule has 0 bridgehead atoms. The predicted octanol–water partition coefficient (Wildman–Crippen LogP) is 0.633. The molecule has 0 aromatic carbocycles. The average Bonchev–Trinajstić information content (AvgIpc) is 2.16. The van der Waals surface area contributed by atoms with Gasteiger partial charge in [-0.1, -0.05) is 0 Å². The lowest BCUT2D eigenvalue weighted by Crippen LogP contribution is -2.32. The molecular formula is C9H15NO2S. The summed E-state index contributed by atoms with van der Waals surface area (Å²) < 4.78 is 4.48. The van der Waals surface area contributed by atoms with Crippen LogP contribution in [0.4, 0.5) is 0 Å². The lowest BCUT2D eigenvalue weighted by Gasteiger charge is -2.07. The Morgan fingerprint density at radius 1 is 1.69 bits per heavy atom. The summed E-state index contributed by atoms with van der Waals surface area (Å²) in [4.78, 5) is 10.8. The van der Waals surface area contributed by atoms with E-state index < -0.39 is 6.04 Å². The summed E-state index contributed by atoms with van der Waals surface area (Å²) in [6.45, 7) is 0. The van der Waals surface area contributed by atoms with E-state index in [0.717, 1.165) is 17.9 Å². The number of ether oxygens (including phenoxy) is 1. The number of nitrogens with two attached hydrogens (primary N) is 1. The predicted molar refractivity (Wildman–Crippen MR) is 55.4 cm³/mol. The molecule has 3 nitrogen and oxygen atoms in total. The summed E-state index contributed by atoms with van der Waals surface area (Å²) in [7, 11) is 1.34. The second-order valence-corrected chi connectivity index (χ2v) is 3.71. The van der Waals surface area contributed by atoms with Crippen LogP contribution < -0.4 is 5.73 Å². The van der Waals surface area contributed by atoms with Crippen LogP contribution in [0.2, 0.25) is 0 Å². The van der Waals surface area contributed by atoms with Crippen molar-refractivity contribution in [3.63, 3.8) is 0 Å². The Morgan fingerprint density at radius 2 is 2.38 bits per heavy atom. The van der Waals surface area contributed by atoms with Crippen LogP contribution in [0.25, 0.3) is 0 Å². The normalized spacial score (nSPS) is 11.8. The molecule has 0 aliphatic carbocycles. The second-order valence-electron chi connectivity index (χ2n) is 2.48. The summed E-state index contributed by atoms with van der Waals surface area (Å²) >= 11 is 1.70. The monoisotopic (exact) mass is 201 g/mol. The number of hydrogen-bond acceptors (Lipinski definition) is 4. The van der Waals surface area contributed by atoms with Crippen molar-refractivity contribution in [2.45, 2.75) is 18.9 Å². The highest BCUT2D eigenvalue weighted by Gasteiger charge is 2.12. The van der Waals surface area contributed by atoms with Crippen LogP contribution in [-0.4, -0.2) is 30.6 Å². The Hall–Kier alpha value is -0.660. The van der Waals surface area contributed by atoms with E-state index in [1.165, 1.54) is 7.11 Å². The van der Waals surface area contributed by atoms with Crippen molar-refractivity contribution < 1.29 is 9.53 Å². The van der Waals surface area contributed by atoms with Gasteiger partial charge in [-0.3, -0.25) is 4.79 Å². The lowest BCUT2D eigenvalue weighted by molar-refractivity contribution is -0.142. The third kappa shape index (κ3) is 6.50. The van der Waals surface area contributed by atoms with Crippen LogP contribution >= 0.6 is 11.8 Å². The largest absolute Gasteiger partial charge is 0.468 e. The lowest BCUT2D eigenvalue weighted by atomic mass is 10.2. The standard InChI is InChI=1S/C9H15NO2S/c1-3-4-6-13-7-5-8(10)9(11)12-2/h1,8H,4-7,10H2,2H3. The number of carbonyl (C=O) groups is 1. The van der Waals surface area contributed by atoms with Gasteiger partial charge in [-0.25, -0.2) is 0 Å². The maximum absolute atomic E-state index is 10.8. The van der Waals surface area contributed by atoms with Crippen LogP contribution in [0.1, 0.15) is 12.8 Å². The fourth-order valence-corrected chi connectivity index (χ4v) is 1.60. The third-order valence-corrected chi connectivity index (χ3v) is 2.49. The van der Waals surface area contributed by atoms with Crippen molar-refractivity contribution in [2.24, 2.45) is 5.73 Å². The highest BCUT2D eigenvalue weighted by atomic mass is 32.2. The molecule has 0 saturated carbocycles. The maximum atomic E-state index is 10.8. The summed E-state index contributed by atoms with van der Waals surface area (Å²) in [5.41, 5.74) is 5.51. The minimum absolute atomic E-state index is 0.349. The summed E-state index contributed by atoms with van der Waals surface area (Å²) in [6.07, 6.45) is 6.48. The van der Waals surface area contributed by atoms with E-state index in [4.69, 9.17) is 12.2 Å². The molecule has 4 heteroatoms. The fourth-order valence-electron chi connectivity index (χ4n) is 0.713. The summed E-state index contributed by atoms with van der Waals surface area (Å²) in [5.74, 6) is 3.96. The van der Waals surface area contributed by atoms with Crippen molar-refractivity contribution in [1.82, 2.24) is 0 Å². The zero-order valence-corrected chi connectivity index (χ0v) is 8.60. The Morgan fingerprint density at radius 3 is 2.92 bits per heavy atom. The Labute approximate surface area is 83.4 Å². The molecule has 13 heavy (non-hydrogen) atoms. The van der Waals surface area contributed by atoms with Crippen LogP contribution in [0, 0.1) is 12.3 Å². The fraction of sp³-hybridized carbons (Fsp3) is 0.667. The molecule has 0 fully saturated rings. The van der Waals surface area contributed by atoms with Crippen LogP contribution in [-0.2, 0) is 9.53 Å². The maximum Gasteiger partial charge on any atom is 0.322 e. The smallest absolute Gasteiger partial charge is 0.322 e. The number of esters is 1. The zero-order chi connectivity index (χ0) is 10.1. The zero-order valence-electron chi connectivity index (χ0n) is 7.79. The first-order valence-corrected chi connectivity index (χ1v) is 5.22. The van der Waals surface area contributed by atoms with Crippen molar-refractivity contribution >= 4 is 17.7 Å². The van der Waals surface area contributed by atoms with Crippen molar-refractivity contribution in [1.29, 1.82) is 0 Å². The van der Waals surface area contributed by atoms with E-state index in [9.17, 15) is 4.79 Å². The number of hydrogen-bond donors (Lipinski definition) is 1. The van der Waals surface area contributed by atoms with Gasteiger partial charge in [-0.05, 0) is 12.2 Å². The minimum Gasteiger partial charge on any atom is -0.468 e. The molecule has 1 atom stereocenters. The Balaban J connectivity index is 3.32. The van der Waals surface area contributed by atoms with Crippen molar-refractivity contribution in [3.05, 3.63) is 0 Å². The van der Waals surface area contributed by atoms with E-state index in [1.807, 2.05) is 0 Å². The molecule has 0 spiro atoms. The van der Waals surface area contributed by atoms with E-state index >= 15 is 0 Å². The van der Waals surface area contributed by atoms with E-state index in [1.54, 1.807) is 11.8 Å². The van der Waals surface area contributed by atoms with Crippen molar-refractivity contribution in [2.75, 3.05) is 18.6 Å². The topological polar surface area (TPSA) is 52.3 Å². The molecule has 2 N–H and O–H groups in total. The summed E-state index contributed by atoms with van der Waals surface area (Å²) in [6, 6.07) is -0.497. The van der Waals surface area contributed by atoms with Gasteiger partial charge in [0.25, 0.3) is 0 Å². The number of terminal acetylenes is 1. The first-order chi connectivity index (χ1) is 6.22. The number of thioether (sulfide) groups is 1. The minimum atomic E-state index is -0.497. The van der Waals surface area contributed by atoms with Gasteiger partial charge in [-0.15, -0.1) is 12.3 Å². The van der Waals surface area contributed by atoms with E-state index in [2.05, 4.69) is 10.7 Å². The molecule has 0 amide bonds. The number of rotatable bonds is 6. The highest BCUT2D eigenvalue weighted by Crippen LogP contribution is 2.05. The first-order valence-electron chi connectivity index (χ1n) is 4.07. The van der Waals surface area contributed by atoms with Crippen molar-refractivity contribution in [3.8, 4) is 12.3 Å². The quantitative estimate of drug-likeness (QED) is 0.389. The SMILES string of the molecule is C#CCCSCCC(N)C(=O)OC. The van der Waals surface area contributed by atoms with Gasteiger partial charge in [0, 0.05) is 12.2 Å². The summed E-state index contributed by atoms with van der Waals surface area (Å²) in [5, 5.41) is 0. The molecular weight excluding hydrogens is 186 g/mol. The second kappa shape index (κ2) is 7.96. The van der Waals surface area contributed by atoms with Crippen LogP contribution in [0.3, 0.4) is 0 Å². The van der Waals surface area contributed by atoms with Gasteiger partial charge in [-0.2, -0.15) is 11.8 Å². The Bertz CT molecular complexity index is 189. The molecule has 0 aliphatic heterocycles. The number of methoxy groups -OCH3 is 1. The van der Waals surface area contributed by atoms with Gasteiger partial charge >= 0.3 is 5.97 Å². The molecule has 0 aromatic heterocycles. The van der Waals surface area contributed by atoms with Crippen LogP contribution in [0.5, 0.6) is 0 Å². The molecule has 0 radical (unpaired) electrons. The van der Waals surface area contributed by atoms with E-state index in [-0.39, 0.29) is 5.97 Å². The number of carbonyl (C=O) groups excluding carboxylic acids is 1.